The third-order valence-corrected chi connectivity index (χ3v) is 8.01. The number of aliphatic hydroxyl groups excluding tert-OH is 1. The largest absolute Gasteiger partial charge is 0.495 e. The number of aliphatic carboxylic acids is 2. The Morgan fingerprint density at radius 2 is 1.72 bits per heavy atom. The average molecular weight is 761 g/mol. The van der Waals surface area contributed by atoms with Gasteiger partial charge < -0.3 is 40.2 Å². The summed E-state index contributed by atoms with van der Waals surface area (Å²) in [4.78, 5) is 37.9. The first-order chi connectivity index (χ1) is 24.7. The number of rotatable bonds is 13. The van der Waals surface area contributed by atoms with Crippen LogP contribution in [-0.4, -0.2) is 99.0 Å². The molecule has 0 spiro atoms. The molecule has 1 fully saturated rings. The number of aliphatic hydroxyl groups is 1. The maximum Gasteiger partial charge on any atom is 0.490 e. The van der Waals surface area contributed by atoms with Gasteiger partial charge in [-0.3, -0.25) is 9.78 Å². The van der Waals surface area contributed by atoms with Crippen molar-refractivity contribution >= 4 is 28.9 Å². The number of amides is 1. The second-order valence-corrected chi connectivity index (χ2v) is 12.8. The first-order valence-electron chi connectivity index (χ1n) is 16.9. The number of nitrogens with zero attached hydrogens (tertiary/aromatic N) is 4. The number of benzene rings is 1. The highest BCUT2D eigenvalue weighted by Crippen LogP contribution is 2.24. The molecule has 1 atom stereocenters. The lowest BCUT2D eigenvalue weighted by Crippen LogP contribution is -2.43. The summed E-state index contributed by atoms with van der Waals surface area (Å²) >= 11 is 0. The Labute approximate surface area is 305 Å². The lowest BCUT2D eigenvalue weighted by Gasteiger charge is -2.24. The number of carboxylic acid groups (broad SMARTS) is 2. The highest BCUT2D eigenvalue weighted by Gasteiger charge is 2.38. The van der Waals surface area contributed by atoms with Crippen LogP contribution in [0.3, 0.4) is 0 Å². The molecule has 1 aromatic carbocycles. The van der Waals surface area contributed by atoms with Crippen LogP contribution in [0.4, 0.5) is 17.6 Å². The molecule has 1 aliphatic rings. The molecule has 0 bridgehead atoms. The molecular weight excluding hydrogens is 710 g/mol. The van der Waals surface area contributed by atoms with E-state index in [1.54, 1.807) is 18.9 Å². The van der Waals surface area contributed by atoms with Gasteiger partial charge in [0.15, 0.2) is 17.6 Å². The zero-order valence-electron chi connectivity index (χ0n) is 30.8. The maximum absolute atomic E-state index is 13.2. The fraction of sp³-hybridized carbons (Fsp3) is 0.571. The van der Waals surface area contributed by atoms with Gasteiger partial charge in [0.25, 0.3) is 11.7 Å². The van der Waals surface area contributed by atoms with Crippen LogP contribution in [0.25, 0.3) is 11.0 Å². The summed E-state index contributed by atoms with van der Waals surface area (Å²) in [7, 11) is 1.57. The quantitative estimate of drug-likeness (QED) is 0.147. The average Bonchev–Trinajstić information content (AvgIpc) is 3.38. The molecule has 1 aliphatic heterocycles. The molecule has 2 aromatic heterocycles. The van der Waals surface area contributed by atoms with Gasteiger partial charge >= 0.3 is 18.1 Å². The first kappa shape index (κ1) is 44.6. The van der Waals surface area contributed by atoms with E-state index < -0.39 is 29.9 Å². The number of imidazole rings is 1. The Kier molecular flexibility index (Phi) is 16.9. The molecule has 18 heteroatoms. The van der Waals surface area contributed by atoms with E-state index in [1.165, 1.54) is 0 Å². The normalized spacial score (nSPS) is 14.0. The number of halogens is 4. The first-order valence-corrected chi connectivity index (χ1v) is 16.9. The van der Waals surface area contributed by atoms with Crippen molar-refractivity contribution in [1.82, 2.24) is 14.5 Å². The third kappa shape index (κ3) is 13.7. The van der Waals surface area contributed by atoms with Gasteiger partial charge in [-0.05, 0) is 71.7 Å². The zero-order chi connectivity index (χ0) is 40.1. The number of carboxylic acids is 2. The molecule has 1 unspecified atom stereocenters. The lowest BCUT2D eigenvalue weighted by molar-refractivity contribution is -0.687. The number of aryl methyl sites for hydroxylation is 2. The summed E-state index contributed by atoms with van der Waals surface area (Å²) in [6.07, 6.45) is -3.69. The minimum atomic E-state index is -5.08. The van der Waals surface area contributed by atoms with Crippen LogP contribution in [0.15, 0.2) is 30.3 Å². The van der Waals surface area contributed by atoms with Gasteiger partial charge in [0.1, 0.15) is 17.2 Å². The Hall–Kier alpha value is -4.55. The summed E-state index contributed by atoms with van der Waals surface area (Å²) in [6.45, 7) is 11.6. The number of ether oxygens (including phenoxy) is 3. The van der Waals surface area contributed by atoms with Crippen LogP contribution in [0.1, 0.15) is 57.7 Å². The van der Waals surface area contributed by atoms with Crippen molar-refractivity contribution in [2.45, 2.75) is 91.6 Å². The molecular formula is C35H50F4N5O9+. The number of hydrogen-bond acceptors (Lipinski definition) is 9. The number of carbonyl (C=O) groups excluding carboxylic acids is 1. The van der Waals surface area contributed by atoms with E-state index in [0.29, 0.717) is 29.7 Å². The van der Waals surface area contributed by atoms with Crippen LogP contribution in [0, 0.1) is 12.8 Å². The molecule has 53 heavy (non-hydrogen) atoms. The SMILES string of the molecule is CC(C)(F)C(=O)O.CCn1c(CN)[n+](CC2CCOCC2)c2ccc(OCC(=O)N(Cc3nc(C)ccc3OC)CC(C)O)cc21.O=C(O)C(F)(F)F. The van der Waals surface area contributed by atoms with Gasteiger partial charge in [-0.15, -0.1) is 0 Å². The number of methoxy groups -OCH3 is 1. The smallest absolute Gasteiger partial charge is 0.490 e. The van der Waals surface area contributed by atoms with E-state index in [9.17, 15) is 32.3 Å². The van der Waals surface area contributed by atoms with Gasteiger partial charge in [-0.1, -0.05) is 0 Å². The standard InChI is InChI=1S/C29H42N5O5.C4H7FO2.C2HF3O2/c1-5-33-26-14-23(7-8-25(26)34(28(33)15-30)17-22-10-12-38-13-11-22)39-19-29(36)32(16-21(3)35)18-24-27(37-4)9-6-20(2)31-24;1-4(2,5)3(6)7;3-2(4,5)1(6)7/h6-9,14,21-22,35H,5,10-13,15-19,30H2,1-4H3;1-2H3,(H,6,7);(H,6,7)/q+1;;. The van der Waals surface area contributed by atoms with E-state index in [4.69, 9.17) is 35.0 Å². The number of carbonyl (C=O) groups is 3. The van der Waals surface area contributed by atoms with E-state index in [2.05, 4.69) is 27.1 Å². The van der Waals surface area contributed by atoms with Gasteiger partial charge in [0.05, 0.1) is 39.4 Å². The van der Waals surface area contributed by atoms with E-state index in [1.807, 2.05) is 31.2 Å². The zero-order valence-corrected chi connectivity index (χ0v) is 30.8. The van der Waals surface area contributed by atoms with Gasteiger partial charge in [-0.2, -0.15) is 13.2 Å². The predicted octanol–water partition coefficient (Wildman–Crippen LogP) is 3.79. The minimum Gasteiger partial charge on any atom is -0.495 e. The van der Waals surface area contributed by atoms with Crippen molar-refractivity contribution in [2.75, 3.05) is 33.5 Å². The molecule has 0 saturated carbocycles. The summed E-state index contributed by atoms with van der Waals surface area (Å²) in [5.41, 5.74) is 7.73. The molecule has 3 heterocycles. The molecule has 0 aliphatic carbocycles. The fourth-order valence-corrected chi connectivity index (χ4v) is 5.31. The number of nitrogens with two attached hydrogens (primary N) is 1. The summed E-state index contributed by atoms with van der Waals surface area (Å²) in [5, 5.41) is 25.1. The molecule has 296 valence electrons. The van der Waals surface area contributed by atoms with Crippen molar-refractivity contribution in [2.24, 2.45) is 11.7 Å². The molecule has 14 nitrogen and oxygen atoms in total. The second kappa shape index (κ2) is 20.1. The summed E-state index contributed by atoms with van der Waals surface area (Å²) in [5.74, 6) is -1.59. The molecule has 1 saturated heterocycles. The summed E-state index contributed by atoms with van der Waals surface area (Å²) in [6, 6.07) is 9.63. The lowest BCUT2D eigenvalue weighted by atomic mass is 10.0. The monoisotopic (exact) mass is 760 g/mol. The molecule has 1 amide bonds. The van der Waals surface area contributed by atoms with Crippen LogP contribution in [0.2, 0.25) is 0 Å². The Bertz CT molecular complexity index is 1650. The van der Waals surface area contributed by atoms with Crippen LogP contribution in [-0.2, 0) is 45.3 Å². The van der Waals surface area contributed by atoms with Crippen LogP contribution in [0.5, 0.6) is 11.5 Å². The molecule has 5 N–H and O–H groups in total. The van der Waals surface area contributed by atoms with Crippen molar-refractivity contribution in [3.8, 4) is 11.5 Å². The third-order valence-electron chi connectivity index (χ3n) is 8.01. The Morgan fingerprint density at radius 1 is 1.11 bits per heavy atom. The van der Waals surface area contributed by atoms with Crippen molar-refractivity contribution in [1.29, 1.82) is 0 Å². The van der Waals surface area contributed by atoms with Crippen molar-refractivity contribution in [3.05, 3.63) is 47.5 Å². The van der Waals surface area contributed by atoms with Crippen LogP contribution < -0.4 is 19.8 Å². The predicted molar refractivity (Wildman–Crippen MR) is 184 cm³/mol. The summed E-state index contributed by atoms with van der Waals surface area (Å²) < 4.78 is 65.2. The van der Waals surface area contributed by atoms with Gasteiger partial charge in [0, 0.05) is 37.4 Å². The van der Waals surface area contributed by atoms with Crippen molar-refractivity contribution in [3.63, 3.8) is 0 Å². The van der Waals surface area contributed by atoms with E-state index in [-0.39, 0.29) is 25.6 Å². The number of fused-ring (bicyclic) bond motifs is 1. The topological polar surface area (TPSA) is 191 Å². The fourth-order valence-electron chi connectivity index (χ4n) is 5.31. The molecule has 4 rings (SSSR count). The Morgan fingerprint density at radius 3 is 2.21 bits per heavy atom. The molecule has 3 aromatic rings. The number of aromatic nitrogens is 3. The number of hydrogen-bond donors (Lipinski definition) is 4. The number of pyridine rings is 1. The minimum absolute atomic E-state index is 0.157. The number of alkyl halides is 4. The van der Waals surface area contributed by atoms with Gasteiger partial charge in [-0.25, -0.2) is 23.1 Å². The second-order valence-electron chi connectivity index (χ2n) is 12.8. The van der Waals surface area contributed by atoms with E-state index in [0.717, 1.165) is 75.5 Å². The highest BCUT2D eigenvalue weighted by molar-refractivity contribution is 5.79. The maximum atomic E-state index is 13.2. The van der Waals surface area contributed by atoms with Crippen LogP contribution >= 0.6 is 0 Å². The van der Waals surface area contributed by atoms with E-state index >= 15 is 0 Å². The molecule has 0 radical (unpaired) electrons. The van der Waals surface area contributed by atoms with Crippen molar-refractivity contribution < 1.29 is 66.0 Å². The highest BCUT2D eigenvalue weighted by atomic mass is 19.4. The van der Waals surface area contributed by atoms with Gasteiger partial charge in [0.2, 0.25) is 5.67 Å². The Balaban J connectivity index is 0.000000587.